The minimum Gasteiger partial charge on any atom is -0.478 e. The molecule has 4 nitrogen and oxygen atoms in total. The van der Waals surface area contributed by atoms with Gasteiger partial charge in [0.1, 0.15) is 0 Å². The summed E-state index contributed by atoms with van der Waals surface area (Å²) in [7, 11) is 0. The minimum atomic E-state index is -1.05. The summed E-state index contributed by atoms with van der Waals surface area (Å²) in [5, 5.41) is 21.4. The van der Waals surface area contributed by atoms with E-state index in [4.69, 9.17) is 16.9 Å². The molecule has 100 valence electrons. The Balaban J connectivity index is 2.40. The lowest BCUT2D eigenvalue weighted by Gasteiger charge is -2.12. The molecule has 0 radical (unpaired) electrons. The maximum absolute atomic E-state index is 11.2. The Bertz CT molecular complexity index is 720. The number of anilines is 2. The second-order valence-electron chi connectivity index (χ2n) is 4.26. The van der Waals surface area contributed by atoms with Crippen molar-refractivity contribution in [3.63, 3.8) is 0 Å². The van der Waals surface area contributed by atoms with Gasteiger partial charge in [-0.05, 0) is 48.9 Å². The molecule has 20 heavy (non-hydrogen) atoms. The van der Waals surface area contributed by atoms with Gasteiger partial charge in [0.2, 0.25) is 0 Å². The Labute approximate surface area is 121 Å². The van der Waals surface area contributed by atoms with E-state index in [1.165, 1.54) is 6.07 Å². The number of nitrogens with one attached hydrogen (secondary N) is 1. The number of benzene rings is 2. The third-order valence-corrected chi connectivity index (χ3v) is 3.07. The van der Waals surface area contributed by atoms with Crippen molar-refractivity contribution in [2.45, 2.75) is 6.92 Å². The second kappa shape index (κ2) is 5.64. The highest BCUT2D eigenvalue weighted by Crippen LogP contribution is 2.26. The van der Waals surface area contributed by atoms with Gasteiger partial charge in [-0.1, -0.05) is 11.6 Å². The molecule has 2 aromatic carbocycles. The third-order valence-electron chi connectivity index (χ3n) is 2.84. The molecule has 2 aromatic rings. The van der Waals surface area contributed by atoms with Gasteiger partial charge in [0.05, 0.1) is 22.9 Å². The van der Waals surface area contributed by atoms with Crippen LogP contribution in [0.4, 0.5) is 11.4 Å². The fourth-order valence-electron chi connectivity index (χ4n) is 1.82. The zero-order valence-electron chi connectivity index (χ0n) is 10.6. The zero-order valence-corrected chi connectivity index (χ0v) is 11.4. The topological polar surface area (TPSA) is 73.1 Å². The highest BCUT2D eigenvalue weighted by atomic mass is 35.5. The lowest BCUT2D eigenvalue weighted by Crippen LogP contribution is -2.03. The van der Waals surface area contributed by atoms with Crippen molar-refractivity contribution in [3.05, 3.63) is 58.1 Å². The van der Waals surface area contributed by atoms with Crippen LogP contribution in [0.25, 0.3) is 0 Å². The van der Waals surface area contributed by atoms with E-state index in [1.807, 2.05) is 6.92 Å². The summed E-state index contributed by atoms with van der Waals surface area (Å²) in [6.07, 6.45) is 0. The first-order valence-corrected chi connectivity index (χ1v) is 6.19. The molecule has 0 amide bonds. The van der Waals surface area contributed by atoms with Gasteiger partial charge < -0.3 is 10.4 Å². The van der Waals surface area contributed by atoms with Crippen LogP contribution in [0.1, 0.15) is 21.5 Å². The largest absolute Gasteiger partial charge is 0.478 e. The Hall–Kier alpha value is -2.51. The van der Waals surface area contributed by atoms with Crippen LogP contribution in [0.2, 0.25) is 5.02 Å². The van der Waals surface area contributed by atoms with Crippen molar-refractivity contribution in [3.8, 4) is 6.07 Å². The van der Waals surface area contributed by atoms with Crippen LogP contribution < -0.4 is 5.32 Å². The summed E-state index contributed by atoms with van der Waals surface area (Å²) >= 11 is 5.81. The normalized spacial score (nSPS) is 9.85. The van der Waals surface area contributed by atoms with Crippen molar-refractivity contribution < 1.29 is 9.90 Å². The molecule has 0 saturated carbocycles. The molecule has 0 aliphatic rings. The Kier molecular flexibility index (Phi) is 3.92. The van der Waals surface area contributed by atoms with Crippen molar-refractivity contribution in [2.75, 3.05) is 5.32 Å². The van der Waals surface area contributed by atoms with E-state index in [0.717, 1.165) is 11.3 Å². The van der Waals surface area contributed by atoms with E-state index in [1.54, 1.807) is 30.3 Å². The van der Waals surface area contributed by atoms with Gasteiger partial charge in [-0.3, -0.25) is 0 Å². The van der Waals surface area contributed by atoms with E-state index in [9.17, 15) is 9.90 Å². The van der Waals surface area contributed by atoms with Gasteiger partial charge in [-0.15, -0.1) is 0 Å². The fourth-order valence-corrected chi connectivity index (χ4v) is 1.99. The molecule has 0 saturated heterocycles. The van der Waals surface area contributed by atoms with E-state index in [-0.39, 0.29) is 5.56 Å². The lowest BCUT2D eigenvalue weighted by atomic mass is 10.1. The first kappa shape index (κ1) is 13.9. The van der Waals surface area contributed by atoms with Gasteiger partial charge in [0, 0.05) is 10.7 Å². The number of halogens is 1. The maximum atomic E-state index is 11.2. The van der Waals surface area contributed by atoms with E-state index >= 15 is 0 Å². The van der Waals surface area contributed by atoms with E-state index in [2.05, 4.69) is 11.4 Å². The number of carbonyl (C=O) groups is 1. The molecule has 0 aromatic heterocycles. The SMILES string of the molecule is Cc1cc(C#N)ccc1Nc1ccc(Cl)cc1C(=O)O. The average Bonchev–Trinajstić information content (AvgIpc) is 2.42. The molecule has 0 spiro atoms. The standard InChI is InChI=1S/C15H11ClN2O2/c1-9-6-10(8-17)2-4-13(9)18-14-5-3-11(16)7-12(14)15(19)20/h2-7,18H,1H3,(H,19,20). The van der Waals surface area contributed by atoms with E-state index < -0.39 is 5.97 Å². The minimum absolute atomic E-state index is 0.0984. The number of aromatic carboxylic acids is 1. The maximum Gasteiger partial charge on any atom is 0.337 e. The Morgan fingerprint density at radius 3 is 2.55 bits per heavy atom. The van der Waals surface area contributed by atoms with Crippen LogP contribution >= 0.6 is 11.6 Å². The van der Waals surface area contributed by atoms with Crippen molar-refractivity contribution in [2.24, 2.45) is 0 Å². The summed E-state index contributed by atoms with van der Waals surface area (Å²) in [5.41, 5.74) is 2.71. The number of carboxylic acids is 1. The monoisotopic (exact) mass is 286 g/mol. The van der Waals surface area contributed by atoms with Crippen LogP contribution in [0.5, 0.6) is 0 Å². The van der Waals surface area contributed by atoms with Gasteiger partial charge >= 0.3 is 5.97 Å². The summed E-state index contributed by atoms with van der Waals surface area (Å²) in [6, 6.07) is 11.8. The van der Waals surface area contributed by atoms with Gasteiger partial charge in [-0.25, -0.2) is 4.79 Å². The van der Waals surface area contributed by atoms with Crippen molar-refractivity contribution in [1.29, 1.82) is 5.26 Å². The molecule has 0 aliphatic carbocycles. The summed E-state index contributed by atoms with van der Waals surface area (Å²) in [6.45, 7) is 1.85. The van der Waals surface area contributed by atoms with Gasteiger partial charge in [0.25, 0.3) is 0 Å². The number of rotatable bonds is 3. The van der Waals surface area contributed by atoms with Crippen molar-refractivity contribution >= 4 is 28.9 Å². The number of nitrogens with zero attached hydrogens (tertiary/aromatic N) is 1. The zero-order chi connectivity index (χ0) is 14.7. The lowest BCUT2D eigenvalue weighted by molar-refractivity contribution is 0.0698. The molecule has 0 heterocycles. The van der Waals surface area contributed by atoms with Crippen LogP contribution in [0.15, 0.2) is 36.4 Å². The summed E-state index contributed by atoms with van der Waals surface area (Å²) in [5.74, 6) is -1.05. The van der Waals surface area contributed by atoms with Crippen LogP contribution in [-0.2, 0) is 0 Å². The fraction of sp³-hybridized carbons (Fsp3) is 0.0667. The molecular weight excluding hydrogens is 276 g/mol. The molecular formula is C15H11ClN2O2. The van der Waals surface area contributed by atoms with Crippen LogP contribution in [-0.4, -0.2) is 11.1 Å². The first-order chi connectivity index (χ1) is 9.51. The van der Waals surface area contributed by atoms with E-state index in [0.29, 0.717) is 16.3 Å². The number of carboxylic acid groups (broad SMARTS) is 1. The molecule has 0 unspecified atom stereocenters. The highest BCUT2D eigenvalue weighted by Gasteiger charge is 2.11. The highest BCUT2D eigenvalue weighted by molar-refractivity contribution is 6.31. The molecule has 0 atom stereocenters. The van der Waals surface area contributed by atoms with Crippen LogP contribution in [0, 0.1) is 18.3 Å². The van der Waals surface area contributed by atoms with Gasteiger partial charge in [-0.2, -0.15) is 5.26 Å². The third kappa shape index (κ3) is 2.90. The van der Waals surface area contributed by atoms with Gasteiger partial charge in [0.15, 0.2) is 0 Å². The summed E-state index contributed by atoms with van der Waals surface area (Å²) in [4.78, 5) is 11.2. The number of aryl methyl sites for hydroxylation is 1. The average molecular weight is 287 g/mol. The second-order valence-corrected chi connectivity index (χ2v) is 4.70. The molecule has 0 bridgehead atoms. The number of nitriles is 1. The van der Waals surface area contributed by atoms with Crippen molar-refractivity contribution in [1.82, 2.24) is 0 Å². The molecule has 2 N–H and O–H groups in total. The molecule has 5 heteroatoms. The first-order valence-electron chi connectivity index (χ1n) is 5.82. The number of hydrogen-bond donors (Lipinski definition) is 2. The Morgan fingerprint density at radius 1 is 1.25 bits per heavy atom. The number of hydrogen-bond acceptors (Lipinski definition) is 3. The predicted molar refractivity (Wildman–Crippen MR) is 77.6 cm³/mol. The molecule has 0 aliphatic heterocycles. The smallest absolute Gasteiger partial charge is 0.337 e. The quantitative estimate of drug-likeness (QED) is 0.895. The Morgan fingerprint density at radius 2 is 1.95 bits per heavy atom. The molecule has 2 rings (SSSR count). The predicted octanol–water partition coefficient (Wildman–Crippen LogP) is 3.96. The van der Waals surface area contributed by atoms with Crippen LogP contribution in [0.3, 0.4) is 0 Å². The summed E-state index contributed by atoms with van der Waals surface area (Å²) < 4.78 is 0. The molecule has 0 fully saturated rings.